The molecule has 2 rings (SSSR count). The highest BCUT2D eigenvalue weighted by atomic mass is 16.6. The number of ether oxygens (including phenoxy) is 1. The van der Waals surface area contributed by atoms with Gasteiger partial charge in [0.25, 0.3) is 0 Å². The molecule has 0 spiro atoms. The second kappa shape index (κ2) is 14.2. The van der Waals surface area contributed by atoms with Crippen LogP contribution in [0.15, 0.2) is 32.9 Å². The van der Waals surface area contributed by atoms with Crippen LogP contribution >= 0.6 is 0 Å². The number of nitrogens with zero attached hydrogens (tertiary/aromatic N) is 4. The minimum atomic E-state index is -0.491. The largest absolute Gasteiger partial charge is 0.444 e. The lowest BCUT2D eigenvalue weighted by Gasteiger charge is -2.27. The first-order chi connectivity index (χ1) is 17.0. The predicted octanol–water partition coefficient (Wildman–Crippen LogP) is 4.51. The van der Waals surface area contributed by atoms with Gasteiger partial charge in [-0.05, 0) is 72.9 Å². The lowest BCUT2D eigenvalue weighted by atomic mass is 9.97. The SMILES string of the molecule is CCCN(CCC(C)=CCCC1N=CCC(NC(=O)NC2CN(C)CC=N2)=C1C)C(=O)OC(C)(C)C. The summed E-state index contributed by atoms with van der Waals surface area (Å²) in [6, 6.07) is -0.177. The molecule has 2 heterocycles. The molecule has 2 N–H and O–H groups in total. The van der Waals surface area contributed by atoms with Crippen molar-refractivity contribution in [3.05, 3.63) is 22.9 Å². The Labute approximate surface area is 217 Å². The van der Waals surface area contributed by atoms with E-state index in [4.69, 9.17) is 4.74 Å². The van der Waals surface area contributed by atoms with Crippen molar-refractivity contribution in [1.29, 1.82) is 0 Å². The van der Waals surface area contributed by atoms with Crippen molar-refractivity contribution in [1.82, 2.24) is 20.4 Å². The number of hydrogen-bond acceptors (Lipinski definition) is 6. The van der Waals surface area contributed by atoms with Crippen LogP contribution in [0, 0.1) is 0 Å². The smallest absolute Gasteiger partial charge is 0.410 e. The van der Waals surface area contributed by atoms with Gasteiger partial charge in [-0.1, -0.05) is 18.6 Å². The number of dihydropyridines is 1. The van der Waals surface area contributed by atoms with Gasteiger partial charge in [-0.3, -0.25) is 14.9 Å². The Morgan fingerprint density at radius 1 is 1.25 bits per heavy atom. The maximum Gasteiger partial charge on any atom is 0.410 e. The van der Waals surface area contributed by atoms with E-state index in [1.165, 1.54) is 5.57 Å². The average Bonchev–Trinajstić information content (AvgIpc) is 2.77. The van der Waals surface area contributed by atoms with Crippen molar-refractivity contribution < 1.29 is 14.3 Å². The maximum absolute atomic E-state index is 12.5. The molecule has 0 saturated heterocycles. The number of aliphatic imine (C=N–C) groups is 2. The summed E-state index contributed by atoms with van der Waals surface area (Å²) in [7, 11) is 2.00. The number of amides is 3. The summed E-state index contributed by atoms with van der Waals surface area (Å²) in [5.41, 5.74) is 2.77. The highest BCUT2D eigenvalue weighted by molar-refractivity contribution is 5.78. The summed E-state index contributed by atoms with van der Waals surface area (Å²) >= 11 is 0. The minimum Gasteiger partial charge on any atom is -0.444 e. The van der Waals surface area contributed by atoms with Gasteiger partial charge >= 0.3 is 12.1 Å². The van der Waals surface area contributed by atoms with Crippen LogP contribution in [0.5, 0.6) is 0 Å². The first-order valence-electron chi connectivity index (χ1n) is 13.1. The van der Waals surface area contributed by atoms with E-state index in [1.807, 2.05) is 47.2 Å². The molecule has 2 aliphatic heterocycles. The topological polar surface area (TPSA) is 98.6 Å². The number of carbonyl (C=O) groups excluding carboxylic acids is 2. The standard InChI is InChI=1S/C27H46N6O3/c1-8-16-33(26(35)36-27(4,5)6)17-13-20(2)10-9-11-22-21(3)23(12-14-28-22)30-25(34)31-24-19-32(7)18-15-29-24/h10,14-15,22,24H,8-9,11-13,16-19H2,1-7H3,(H2,30,31,34). The molecule has 36 heavy (non-hydrogen) atoms. The summed E-state index contributed by atoms with van der Waals surface area (Å²) in [6.07, 6.45) is 9.56. The molecule has 0 aliphatic carbocycles. The van der Waals surface area contributed by atoms with Crippen molar-refractivity contribution in [2.75, 3.05) is 33.2 Å². The zero-order valence-electron chi connectivity index (χ0n) is 23.3. The number of carbonyl (C=O) groups is 2. The Morgan fingerprint density at radius 3 is 2.67 bits per heavy atom. The van der Waals surface area contributed by atoms with Gasteiger partial charge in [-0.15, -0.1) is 0 Å². The van der Waals surface area contributed by atoms with Crippen LogP contribution in [0.3, 0.4) is 0 Å². The van der Waals surface area contributed by atoms with Gasteiger partial charge in [0.2, 0.25) is 0 Å². The second-order valence-electron chi connectivity index (χ2n) is 10.7. The van der Waals surface area contributed by atoms with Crippen LogP contribution in [0.4, 0.5) is 9.59 Å². The average molecular weight is 503 g/mol. The lowest BCUT2D eigenvalue weighted by molar-refractivity contribution is 0.0252. The molecule has 0 radical (unpaired) electrons. The Balaban J connectivity index is 1.83. The van der Waals surface area contributed by atoms with Crippen molar-refractivity contribution in [3.63, 3.8) is 0 Å². The molecule has 0 bridgehead atoms. The van der Waals surface area contributed by atoms with Gasteiger partial charge < -0.3 is 20.3 Å². The molecule has 9 heteroatoms. The van der Waals surface area contributed by atoms with Gasteiger partial charge in [-0.2, -0.15) is 0 Å². The number of hydrogen-bond donors (Lipinski definition) is 2. The van der Waals surface area contributed by atoms with Crippen LogP contribution in [0.1, 0.15) is 73.6 Å². The Bertz CT molecular complexity index is 871. The number of allylic oxidation sites excluding steroid dienone is 2. The van der Waals surface area contributed by atoms with Crippen LogP contribution in [0.25, 0.3) is 0 Å². The first-order valence-corrected chi connectivity index (χ1v) is 13.1. The van der Waals surface area contributed by atoms with E-state index >= 15 is 0 Å². The summed E-state index contributed by atoms with van der Waals surface area (Å²) in [5.74, 6) is 0. The highest BCUT2D eigenvalue weighted by Gasteiger charge is 2.22. The fourth-order valence-electron chi connectivity index (χ4n) is 4.12. The van der Waals surface area contributed by atoms with Crippen LogP contribution in [0.2, 0.25) is 0 Å². The molecular formula is C27H46N6O3. The fourth-order valence-corrected chi connectivity index (χ4v) is 4.12. The molecule has 0 saturated carbocycles. The molecule has 2 aliphatic rings. The van der Waals surface area contributed by atoms with Crippen LogP contribution in [-0.4, -0.2) is 85.4 Å². The van der Waals surface area contributed by atoms with Gasteiger partial charge in [-0.25, -0.2) is 9.59 Å². The van der Waals surface area contributed by atoms with Gasteiger partial charge in [0, 0.05) is 50.7 Å². The van der Waals surface area contributed by atoms with E-state index in [2.05, 4.69) is 45.4 Å². The third kappa shape index (κ3) is 10.5. The molecule has 2 unspecified atom stereocenters. The summed E-state index contributed by atoms with van der Waals surface area (Å²) in [4.78, 5) is 37.9. The Morgan fingerprint density at radius 2 is 2.00 bits per heavy atom. The Kier molecular flexibility index (Phi) is 11.6. The monoisotopic (exact) mass is 502 g/mol. The second-order valence-corrected chi connectivity index (χ2v) is 10.7. The molecule has 0 fully saturated rings. The molecular weight excluding hydrogens is 456 g/mol. The van der Waals surface area contributed by atoms with Crippen molar-refractivity contribution >= 4 is 24.6 Å². The summed E-state index contributed by atoms with van der Waals surface area (Å²) in [5, 5.41) is 5.94. The molecule has 2 atom stereocenters. The number of nitrogens with one attached hydrogen (secondary N) is 2. The fraction of sp³-hybridized carbons (Fsp3) is 0.704. The molecule has 0 aromatic rings. The zero-order valence-corrected chi connectivity index (χ0v) is 23.3. The van der Waals surface area contributed by atoms with Crippen molar-refractivity contribution in [3.8, 4) is 0 Å². The van der Waals surface area contributed by atoms with Crippen LogP contribution < -0.4 is 10.6 Å². The van der Waals surface area contributed by atoms with E-state index in [-0.39, 0.29) is 24.3 Å². The minimum absolute atomic E-state index is 0.0512. The normalized spacial score (nSPS) is 20.9. The van der Waals surface area contributed by atoms with Gasteiger partial charge in [0.05, 0.1) is 6.04 Å². The van der Waals surface area contributed by atoms with E-state index in [1.54, 1.807) is 4.90 Å². The summed E-state index contributed by atoms with van der Waals surface area (Å²) in [6.45, 7) is 14.7. The van der Waals surface area contributed by atoms with E-state index in [0.717, 1.165) is 43.5 Å². The Hall–Kier alpha value is -2.68. The molecule has 0 aromatic heterocycles. The maximum atomic E-state index is 12.5. The molecule has 3 amide bonds. The first kappa shape index (κ1) is 29.5. The van der Waals surface area contributed by atoms with E-state index in [9.17, 15) is 9.59 Å². The highest BCUT2D eigenvalue weighted by Crippen LogP contribution is 2.22. The van der Waals surface area contributed by atoms with Crippen LogP contribution in [-0.2, 0) is 4.74 Å². The van der Waals surface area contributed by atoms with Gasteiger partial charge in [0.15, 0.2) is 0 Å². The zero-order chi connectivity index (χ0) is 26.7. The molecule has 202 valence electrons. The quantitative estimate of drug-likeness (QED) is 0.430. The number of urea groups is 1. The number of likely N-dealkylation sites (N-methyl/N-ethyl adjacent to an activating group) is 1. The molecule has 9 nitrogen and oxygen atoms in total. The van der Waals surface area contributed by atoms with E-state index < -0.39 is 5.60 Å². The lowest BCUT2D eigenvalue weighted by Crippen LogP contribution is -2.48. The third-order valence-corrected chi connectivity index (χ3v) is 6.14. The number of rotatable bonds is 10. The molecule has 0 aromatic carbocycles. The van der Waals surface area contributed by atoms with E-state index in [0.29, 0.717) is 26.1 Å². The predicted molar refractivity (Wildman–Crippen MR) is 147 cm³/mol. The van der Waals surface area contributed by atoms with Gasteiger partial charge in [0.1, 0.15) is 11.8 Å². The third-order valence-electron chi connectivity index (χ3n) is 6.14. The van der Waals surface area contributed by atoms with Crippen molar-refractivity contribution in [2.24, 2.45) is 9.98 Å². The van der Waals surface area contributed by atoms with Crippen molar-refractivity contribution in [2.45, 2.75) is 91.5 Å². The summed E-state index contributed by atoms with van der Waals surface area (Å²) < 4.78 is 5.54.